The molecule has 2 rings (SSSR count). The van der Waals surface area contributed by atoms with E-state index in [1.54, 1.807) is 30.3 Å². The standard InChI is InChI=1S/C14H12BrN3OS/c15-12-4-2-1-3-11(12)13(19)17-9-5-7-10(8-6-9)18-14(16)20/h1-8H,(H,17,19)(H3,16,18,20). The maximum Gasteiger partial charge on any atom is 0.256 e. The number of nitrogens with two attached hydrogens (primary N) is 1. The van der Waals surface area contributed by atoms with Crippen LogP contribution in [0.4, 0.5) is 11.4 Å². The average molecular weight is 350 g/mol. The van der Waals surface area contributed by atoms with E-state index < -0.39 is 0 Å². The molecule has 4 N–H and O–H groups in total. The molecule has 0 saturated carbocycles. The monoisotopic (exact) mass is 349 g/mol. The second kappa shape index (κ2) is 6.49. The molecule has 0 spiro atoms. The van der Waals surface area contributed by atoms with E-state index in [0.717, 1.165) is 10.2 Å². The summed E-state index contributed by atoms with van der Waals surface area (Å²) < 4.78 is 0.754. The summed E-state index contributed by atoms with van der Waals surface area (Å²) in [7, 11) is 0. The fourth-order valence-electron chi connectivity index (χ4n) is 1.62. The lowest BCUT2D eigenvalue weighted by Crippen LogP contribution is -2.18. The van der Waals surface area contributed by atoms with Crippen molar-refractivity contribution < 1.29 is 4.79 Å². The number of carbonyl (C=O) groups is 1. The number of amides is 1. The lowest BCUT2D eigenvalue weighted by molar-refractivity contribution is 0.102. The van der Waals surface area contributed by atoms with Crippen LogP contribution in [0.2, 0.25) is 0 Å². The Kier molecular flexibility index (Phi) is 4.70. The summed E-state index contributed by atoms with van der Waals surface area (Å²) in [5, 5.41) is 5.84. The molecule has 0 atom stereocenters. The first-order valence-corrected chi connectivity index (χ1v) is 6.99. The first-order chi connectivity index (χ1) is 9.56. The van der Waals surface area contributed by atoms with Gasteiger partial charge in [0.25, 0.3) is 5.91 Å². The second-order valence-corrected chi connectivity index (χ2v) is 5.29. The van der Waals surface area contributed by atoms with Crippen LogP contribution in [0.25, 0.3) is 0 Å². The Bertz CT molecular complexity index is 643. The highest BCUT2D eigenvalue weighted by Crippen LogP contribution is 2.19. The molecule has 0 aliphatic carbocycles. The number of thiocarbonyl (C=S) groups is 1. The van der Waals surface area contributed by atoms with E-state index in [9.17, 15) is 4.79 Å². The van der Waals surface area contributed by atoms with E-state index in [2.05, 4.69) is 26.6 Å². The Morgan fingerprint density at radius 1 is 1.00 bits per heavy atom. The molecule has 0 radical (unpaired) electrons. The lowest BCUT2D eigenvalue weighted by Gasteiger charge is -2.08. The third-order valence-corrected chi connectivity index (χ3v) is 3.32. The van der Waals surface area contributed by atoms with Crippen LogP contribution in [0.1, 0.15) is 10.4 Å². The van der Waals surface area contributed by atoms with Crippen molar-refractivity contribution in [3.63, 3.8) is 0 Å². The van der Waals surface area contributed by atoms with Crippen LogP contribution in [0.5, 0.6) is 0 Å². The van der Waals surface area contributed by atoms with Gasteiger partial charge in [0, 0.05) is 15.8 Å². The normalized spacial score (nSPS) is 9.85. The second-order valence-electron chi connectivity index (χ2n) is 4.00. The van der Waals surface area contributed by atoms with Gasteiger partial charge < -0.3 is 16.4 Å². The van der Waals surface area contributed by atoms with Crippen molar-refractivity contribution in [2.24, 2.45) is 5.73 Å². The fraction of sp³-hybridized carbons (Fsp3) is 0. The number of rotatable bonds is 3. The Balaban J connectivity index is 2.09. The molecule has 4 nitrogen and oxygen atoms in total. The van der Waals surface area contributed by atoms with Gasteiger partial charge in [-0.1, -0.05) is 12.1 Å². The van der Waals surface area contributed by atoms with E-state index in [0.29, 0.717) is 11.3 Å². The number of halogens is 1. The third kappa shape index (κ3) is 3.79. The van der Waals surface area contributed by atoms with E-state index in [-0.39, 0.29) is 11.0 Å². The minimum absolute atomic E-state index is 0.174. The highest BCUT2D eigenvalue weighted by atomic mass is 79.9. The summed E-state index contributed by atoms with van der Waals surface area (Å²) in [6, 6.07) is 14.4. The number of benzene rings is 2. The quantitative estimate of drug-likeness (QED) is 0.743. The summed E-state index contributed by atoms with van der Waals surface area (Å²) in [6.07, 6.45) is 0. The van der Waals surface area contributed by atoms with Crippen LogP contribution >= 0.6 is 28.1 Å². The minimum Gasteiger partial charge on any atom is -0.376 e. The zero-order valence-electron chi connectivity index (χ0n) is 10.4. The number of carbonyl (C=O) groups excluding carboxylic acids is 1. The maximum atomic E-state index is 12.1. The zero-order valence-corrected chi connectivity index (χ0v) is 12.8. The summed E-state index contributed by atoms with van der Waals surface area (Å²) in [5.74, 6) is -0.174. The Hall–Kier alpha value is -1.92. The van der Waals surface area contributed by atoms with Crippen molar-refractivity contribution in [3.05, 3.63) is 58.6 Å². The molecule has 102 valence electrons. The molecule has 2 aromatic carbocycles. The van der Waals surface area contributed by atoms with Gasteiger partial charge >= 0.3 is 0 Å². The number of hydrogen-bond donors (Lipinski definition) is 3. The zero-order chi connectivity index (χ0) is 14.5. The van der Waals surface area contributed by atoms with Crippen LogP contribution in [0.15, 0.2) is 53.0 Å². The van der Waals surface area contributed by atoms with Gasteiger partial charge in [0.2, 0.25) is 0 Å². The van der Waals surface area contributed by atoms with Gasteiger partial charge in [0.05, 0.1) is 5.56 Å². The van der Waals surface area contributed by atoms with Crippen molar-refractivity contribution in [3.8, 4) is 0 Å². The molecule has 2 aromatic rings. The van der Waals surface area contributed by atoms with E-state index in [1.807, 2.05) is 18.2 Å². The van der Waals surface area contributed by atoms with E-state index in [1.165, 1.54) is 0 Å². The molecule has 1 amide bonds. The summed E-state index contributed by atoms with van der Waals surface area (Å²) >= 11 is 8.10. The third-order valence-electron chi connectivity index (χ3n) is 2.53. The van der Waals surface area contributed by atoms with Crippen molar-refractivity contribution >= 4 is 50.5 Å². The minimum atomic E-state index is -0.174. The molecule has 0 unspecified atom stereocenters. The lowest BCUT2D eigenvalue weighted by atomic mass is 10.2. The molecule has 0 fully saturated rings. The molecule has 0 aromatic heterocycles. The number of hydrogen-bond acceptors (Lipinski definition) is 2. The molecule has 20 heavy (non-hydrogen) atoms. The largest absolute Gasteiger partial charge is 0.376 e. The number of anilines is 2. The Labute approximate surface area is 130 Å². The molecule has 6 heteroatoms. The molecule has 0 aliphatic heterocycles. The summed E-state index contributed by atoms with van der Waals surface area (Å²) in [6.45, 7) is 0. The van der Waals surface area contributed by atoms with Crippen LogP contribution in [0, 0.1) is 0 Å². The van der Waals surface area contributed by atoms with Crippen molar-refractivity contribution in [1.29, 1.82) is 0 Å². The van der Waals surface area contributed by atoms with Gasteiger partial charge in [-0.15, -0.1) is 0 Å². The predicted molar refractivity (Wildman–Crippen MR) is 88.9 cm³/mol. The maximum absolute atomic E-state index is 12.1. The molecule has 0 saturated heterocycles. The van der Waals surface area contributed by atoms with Crippen LogP contribution < -0.4 is 16.4 Å². The highest BCUT2D eigenvalue weighted by Gasteiger charge is 2.09. The van der Waals surface area contributed by atoms with Crippen molar-refractivity contribution in [2.45, 2.75) is 0 Å². The first kappa shape index (κ1) is 14.5. The van der Waals surface area contributed by atoms with Gasteiger partial charge in [-0.2, -0.15) is 0 Å². The molecular formula is C14H12BrN3OS. The first-order valence-electron chi connectivity index (χ1n) is 5.78. The molecule has 0 heterocycles. The summed E-state index contributed by atoms with van der Waals surface area (Å²) in [4.78, 5) is 12.1. The van der Waals surface area contributed by atoms with Crippen LogP contribution in [-0.2, 0) is 0 Å². The Morgan fingerprint density at radius 2 is 1.55 bits per heavy atom. The SMILES string of the molecule is NC(=S)Nc1ccc(NC(=O)c2ccccc2Br)cc1. The van der Waals surface area contributed by atoms with Crippen LogP contribution in [0.3, 0.4) is 0 Å². The van der Waals surface area contributed by atoms with Gasteiger partial charge in [-0.05, 0) is 64.5 Å². The van der Waals surface area contributed by atoms with Crippen molar-refractivity contribution in [2.75, 3.05) is 10.6 Å². The Morgan fingerprint density at radius 3 is 2.10 bits per heavy atom. The smallest absolute Gasteiger partial charge is 0.256 e. The van der Waals surface area contributed by atoms with Gasteiger partial charge in [-0.25, -0.2) is 0 Å². The highest BCUT2D eigenvalue weighted by molar-refractivity contribution is 9.10. The van der Waals surface area contributed by atoms with Crippen LogP contribution in [-0.4, -0.2) is 11.0 Å². The van der Waals surface area contributed by atoms with E-state index >= 15 is 0 Å². The van der Waals surface area contributed by atoms with E-state index in [4.69, 9.17) is 18.0 Å². The van der Waals surface area contributed by atoms with Gasteiger partial charge in [0.1, 0.15) is 0 Å². The average Bonchev–Trinajstić information content (AvgIpc) is 2.41. The summed E-state index contributed by atoms with van der Waals surface area (Å²) in [5.41, 5.74) is 7.43. The number of nitrogens with one attached hydrogen (secondary N) is 2. The predicted octanol–water partition coefficient (Wildman–Crippen LogP) is 3.36. The van der Waals surface area contributed by atoms with Gasteiger partial charge in [-0.3, -0.25) is 4.79 Å². The topological polar surface area (TPSA) is 67.2 Å². The van der Waals surface area contributed by atoms with Crippen molar-refractivity contribution in [1.82, 2.24) is 0 Å². The molecular weight excluding hydrogens is 338 g/mol. The molecule has 0 bridgehead atoms. The van der Waals surface area contributed by atoms with Gasteiger partial charge in [0.15, 0.2) is 5.11 Å². The fourth-order valence-corrected chi connectivity index (χ4v) is 2.21. The molecule has 0 aliphatic rings.